The molecule has 0 bridgehead atoms. The Bertz CT molecular complexity index is 1550. The van der Waals surface area contributed by atoms with Gasteiger partial charge in [-0.25, -0.2) is 4.98 Å². The zero-order chi connectivity index (χ0) is 22.5. The number of hydrogen-bond donors (Lipinski definition) is 1. The van der Waals surface area contributed by atoms with Crippen LogP contribution < -0.4 is 14.8 Å². The summed E-state index contributed by atoms with van der Waals surface area (Å²) in [7, 11) is 0. The number of aryl methyl sites for hydroxylation is 2. The maximum absolute atomic E-state index is 12.8. The summed E-state index contributed by atoms with van der Waals surface area (Å²) in [5.74, 6) is 1.33. The minimum atomic E-state index is -0.114. The molecular formula is C26H21N3O3S. The largest absolute Gasteiger partial charge is 0.454 e. The van der Waals surface area contributed by atoms with Crippen LogP contribution in [0.4, 0.5) is 0 Å². The topological polar surface area (TPSA) is 64.9 Å². The van der Waals surface area contributed by atoms with E-state index in [-0.39, 0.29) is 12.7 Å². The average Bonchev–Trinajstić information content (AvgIpc) is 3.51. The second-order valence-electron chi connectivity index (χ2n) is 8.25. The van der Waals surface area contributed by atoms with Crippen LogP contribution in [-0.4, -0.2) is 22.1 Å². The van der Waals surface area contributed by atoms with E-state index in [0.29, 0.717) is 17.9 Å². The fourth-order valence-corrected chi connectivity index (χ4v) is 5.26. The van der Waals surface area contributed by atoms with Crippen molar-refractivity contribution in [2.75, 3.05) is 6.79 Å². The number of aromatic nitrogens is 2. The summed E-state index contributed by atoms with van der Waals surface area (Å²) in [5.41, 5.74) is 7.20. The summed E-state index contributed by atoms with van der Waals surface area (Å²) in [6.07, 6.45) is 2.07. The first-order chi connectivity index (χ1) is 16.0. The molecular weight excluding hydrogens is 434 g/mol. The first-order valence-electron chi connectivity index (χ1n) is 10.7. The Morgan fingerprint density at radius 1 is 1.06 bits per heavy atom. The smallest absolute Gasteiger partial charge is 0.251 e. The van der Waals surface area contributed by atoms with Gasteiger partial charge in [0.25, 0.3) is 5.91 Å². The van der Waals surface area contributed by atoms with Gasteiger partial charge in [0.2, 0.25) is 6.79 Å². The highest BCUT2D eigenvalue weighted by Gasteiger charge is 2.16. The fraction of sp³-hybridized carbons (Fsp3) is 0.154. The van der Waals surface area contributed by atoms with Crippen molar-refractivity contribution in [1.82, 2.24) is 14.7 Å². The van der Waals surface area contributed by atoms with Gasteiger partial charge in [-0.1, -0.05) is 41.2 Å². The molecule has 7 heteroatoms. The van der Waals surface area contributed by atoms with Crippen LogP contribution in [0.25, 0.3) is 26.4 Å². The van der Waals surface area contributed by atoms with Crippen LogP contribution in [0.15, 0.2) is 60.8 Å². The van der Waals surface area contributed by atoms with Gasteiger partial charge in [0.05, 0.1) is 15.9 Å². The molecule has 1 aliphatic rings. The van der Waals surface area contributed by atoms with Gasteiger partial charge in [0.15, 0.2) is 16.5 Å². The van der Waals surface area contributed by atoms with E-state index in [9.17, 15) is 4.79 Å². The molecule has 0 atom stereocenters. The summed E-state index contributed by atoms with van der Waals surface area (Å²) in [5, 5.41) is 2.99. The van der Waals surface area contributed by atoms with Crippen LogP contribution in [0.1, 0.15) is 27.0 Å². The van der Waals surface area contributed by atoms with Crippen molar-refractivity contribution in [3.8, 4) is 22.8 Å². The van der Waals surface area contributed by atoms with Gasteiger partial charge in [-0.15, -0.1) is 0 Å². The van der Waals surface area contributed by atoms with Crippen LogP contribution in [0.3, 0.4) is 0 Å². The van der Waals surface area contributed by atoms with Gasteiger partial charge >= 0.3 is 0 Å². The lowest BCUT2D eigenvalue weighted by molar-refractivity contribution is 0.0951. The van der Waals surface area contributed by atoms with Crippen LogP contribution in [-0.2, 0) is 6.54 Å². The normalized spacial score (nSPS) is 12.5. The van der Waals surface area contributed by atoms with Crippen LogP contribution in [0.5, 0.6) is 11.5 Å². The van der Waals surface area contributed by atoms with E-state index >= 15 is 0 Å². The molecule has 164 valence electrons. The molecule has 2 aromatic heterocycles. The lowest BCUT2D eigenvalue weighted by atomic mass is 10.0. The van der Waals surface area contributed by atoms with Gasteiger partial charge in [-0.2, -0.15) is 0 Å². The molecule has 0 unspecified atom stereocenters. The summed E-state index contributed by atoms with van der Waals surface area (Å²) in [4.78, 5) is 18.5. The number of benzene rings is 3. The number of rotatable bonds is 4. The molecule has 1 N–H and O–H groups in total. The molecule has 1 amide bonds. The fourth-order valence-electron chi connectivity index (χ4n) is 4.21. The summed E-state index contributed by atoms with van der Waals surface area (Å²) < 4.78 is 13.9. The second-order valence-corrected chi connectivity index (χ2v) is 9.26. The molecule has 6 rings (SSSR count). The zero-order valence-electron chi connectivity index (χ0n) is 18.2. The van der Waals surface area contributed by atoms with Crippen molar-refractivity contribution >= 4 is 32.4 Å². The monoisotopic (exact) mass is 455 g/mol. The predicted molar refractivity (Wildman–Crippen MR) is 129 cm³/mol. The number of carbonyl (C=O) groups is 1. The van der Waals surface area contributed by atoms with Crippen molar-refractivity contribution < 1.29 is 14.3 Å². The predicted octanol–water partition coefficient (Wildman–Crippen LogP) is 5.49. The number of hydrogen-bond acceptors (Lipinski definition) is 5. The number of imidazole rings is 1. The van der Waals surface area contributed by atoms with Crippen molar-refractivity contribution in [3.05, 3.63) is 83.0 Å². The van der Waals surface area contributed by atoms with Gasteiger partial charge in [-0.05, 0) is 55.3 Å². The minimum absolute atomic E-state index is 0.114. The van der Waals surface area contributed by atoms with Gasteiger partial charge < -0.3 is 14.8 Å². The lowest BCUT2D eigenvalue weighted by Gasteiger charge is -2.07. The Morgan fingerprint density at radius 3 is 2.82 bits per heavy atom. The summed E-state index contributed by atoms with van der Waals surface area (Å²) in [6, 6.07) is 17.9. The third-order valence-electron chi connectivity index (χ3n) is 5.90. The molecule has 3 heterocycles. The quantitative estimate of drug-likeness (QED) is 0.389. The molecule has 0 spiro atoms. The van der Waals surface area contributed by atoms with E-state index in [2.05, 4.69) is 48.0 Å². The third kappa shape index (κ3) is 3.50. The molecule has 0 fully saturated rings. The molecule has 0 saturated heterocycles. The molecule has 0 radical (unpaired) electrons. The number of nitrogens with one attached hydrogen (secondary N) is 1. The Hall–Kier alpha value is -3.84. The highest BCUT2D eigenvalue weighted by molar-refractivity contribution is 7.23. The van der Waals surface area contributed by atoms with E-state index in [4.69, 9.17) is 14.5 Å². The van der Waals surface area contributed by atoms with Crippen LogP contribution in [0, 0.1) is 13.8 Å². The molecule has 6 nitrogen and oxygen atoms in total. The maximum Gasteiger partial charge on any atom is 0.251 e. The third-order valence-corrected chi connectivity index (χ3v) is 6.92. The highest BCUT2D eigenvalue weighted by atomic mass is 32.1. The van der Waals surface area contributed by atoms with E-state index in [1.165, 1.54) is 11.1 Å². The Balaban J connectivity index is 1.24. The lowest BCUT2D eigenvalue weighted by Crippen LogP contribution is -2.22. The number of amides is 1. The van der Waals surface area contributed by atoms with Crippen LogP contribution >= 0.6 is 11.3 Å². The second kappa shape index (κ2) is 7.64. The van der Waals surface area contributed by atoms with E-state index in [0.717, 1.165) is 37.7 Å². The summed E-state index contributed by atoms with van der Waals surface area (Å²) >= 11 is 1.59. The SMILES string of the molecule is Cc1ccc(-c2cn3c(n2)sc2cc(C(=O)NCc4ccc5c(c4)OCO5)ccc23)c(C)c1. The first kappa shape index (κ1) is 19.8. The molecule has 33 heavy (non-hydrogen) atoms. The van der Waals surface area contributed by atoms with E-state index in [1.54, 1.807) is 11.3 Å². The van der Waals surface area contributed by atoms with E-state index in [1.807, 2.05) is 36.4 Å². The van der Waals surface area contributed by atoms with Crippen LogP contribution in [0.2, 0.25) is 0 Å². The number of ether oxygens (including phenoxy) is 2. The van der Waals surface area contributed by atoms with Crippen molar-refractivity contribution in [3.63, 3.8) is 0 Å². The number of carbonyl (C=O) groups excluding carboxylic acids is 1. The van der Waals surface area contributed by atoms with Crippen molar-refractivity contribution in [2.24, 2.45) is 0 Å². The minimum Gasteiger partial charge on any atom is -0.454 e. The first-order valence-corrected chi connectivity index (χ1v) is 11.5. The molecule has 3 aromatic carbocycles. The number of fused-ring (bicyclic) bond motifs is 4. The molecule has 0 saturated carbocycles. The number of thiazole rings is 1. The van der Waals surface area contributed by atoms with Gasteiger partial charge in [-0.3, -0.25) is 9.20 Å². The molecule has 0 aliphatic carbocycles. The Morgan fingerprint density at radius 2 is 1.94 bits per heavy atom. The van der Waals surface area contributed by atoms with Crippen molar-refractivity contribution in [1.29, 1.82) is 0 Å². The summed E-state index contributed by atoms with van der Waals surface area (Å²) in [6.45, 7) is 4.86. The highest BCUT2D eigenvalue weighted by Crippen LogP contribution is 2.33. The Labute approximate surface area is 194 Å². The average molecular weight is 456 g/mol. The Kier molecular flexibility index (Phi) is 4.58. The molecule has 5 aromatic rings. The zero-order valence-corrected chi connectivity index (χ0v) is 19.0. The standard InChI is InChI=1S/C26H21N3O3S/c1-15-3-6-19(16(2)9-15)20-13-29-21-7-5-18(11-24(21)33-26(29)28-20)25(30)27-12-17-4-8-22-23(10-17)32-14-31-22/h3-11,13H,12,14H2,1-2H3,(H,27,30). The van der Waals surface area contributed by atoms with Crippen molar-refractivity contribution in [2.45, 2.75) is 20.4 Å². The molecule has 1 aliphatic heterocycles. The van der Waals surface area contributed by atoms with Gasteiger partial charge in [0, 0.05) is 23.9 Å². The van der Waals surface area contributed by atoms with Gasteiger partial charge in [0.1, 0.15) is 0 Å². The number of nitrogens with zero attached hydrogens (tertiary/aromatic N) is 2. The van der Waals surface area contributed by atoms with E-state index < -0.39 is 0 Å². The maximum atomic E-state index is 12.8.